The number of piperazine rings is 1. The Morgan fingerprint density at radius 3 is 2.58 bits per heavy atom. The fraction of sp³-hybridized carbons (Fsp3) is 0.364. The largest absolute Gasteiger partial charge is 0.478 e. The van der Waals surface area contributed by atoms with Crippen molar-refractivity contribution in [2.45, 2.75) is 0 Å². The molecule has 0 bridgehead atoms. The number of halogens is 1. The van der Waals surface area contributed by atoms with E-state index in [2.05, 4.69) is 5.32 Å². The molecule has 1 aliphatic rings. The summed E-state index contributed by atoms with van der Waals surface area (Å²) < 4.78 is 13.5. The molecular weight excluding hydrogens is 257 g/mol. The van der Waals surface area contributed by atoms with Gasteiger partial charge < -0.3 is 15.3 Å². The average molecular weight is 269 g/mol. The Kier molecular flexibility index (Phi) is 3.61. The van der Waals surface area contributed by atoms with Crippen LogP contribution in [0.2, 0.25) is 0 Å². The third-order valence-corrected chi connectivity index (χ3v) is 2.95. The molecule has 0 amide bonds. The van der Waals surface area contributed by atoms with Gasteiger partial charge in [0.2, 0.25) is 0 Å². The van der Waals surface area contributed by atoms with Crippen molar-refractivity contribution in [3.8, 4) is 0 Å². The molecule has 1 aliphatic heterocycles. The van der Waals surface area contributed by atoms with Crippen LogP contribution in [0.4, 0.5) is 15.8 Å². The Morgan fingerprint density at radius 2 is 2.05 bits per heavy atom. The van der Waals surface area contributed by atoms with Crippen LogP contribution in [0, 0.1) is 15.9 Å². The number of hydrogen-bond acceptors (Lipinski definition) is 5. The number of carboxylic acids is 1. The predicted octanol–water partition coefficient (Wildman–Crippen LogP) is 0.842. The summed E-state index contributed by atoms with van der Waals surface area (Å²) in [7, 11) is 0. The lowest BCUT2D eigenvalue weighted by atomic mass is 10.1. The summed E-state index contributed by atoms with van der Waals surface area (Å²) in [6, 6.07) is 1.70. The Bertz CT molecular complexity index is 529. The van der Waals surface area contributed by atoms with Gasteiger partial charge in [-0.2, -0.15) is 0 Å². The van der Waals surface area contributed by atoms with Gasteiger partial charge in [-0.25, -0.2) is 9.18 Å². The van der Waals surface area contributed by atoms with Crippen molar-refractivity contribution in [1.29, 1.82) is 0 Å². The van der Waals surface area contributed by atoms with E-state index in [1.807, 2.05) is 0 Å². The second-order valence-corrected chi connectivity index (χ2v) is 4.12. The van der Waals surface area contributed by atoms with Crippen molar-refractivity contribution in [3.63, 3.8) is 0 Å². The Hall–Kier alpha value is -2.22. The van der Waals surface area contributed by atoms with Crippen LogP contribution in [0.15, 0.2) is 12.1 Å². The van der Waals surface area contributed by atoms with Gasteiger partial charge in [0.15, 0.2) is 0 Å². The summed E-state index contributed by atoms with van der Waals surface area (Å²) in [6.07, 6.45) is 0. The normalized spacial score (nSPS) is 15.3. The minimum atomic E-state index is -1.44. The van der Waals surface area contributed by atoms with Gasteiger partial charge in [0, 0.05) is 26.2 Å². The van der Waals surface area contributed by atoms with Gasteiger partial charge in [-0.05, 0) is 6.07 Å². The van der Waals surface area contributed by atoms with Crippen LogP contribution in [0.1, 0.15) is 10.4 Å². The van der Waals surface area contributed by atoms with Gasteiger partial charge >= 0.3 is 5.97 Å². The van der Waals surface area contributed by atoms with Gasteiger partial charge in [-0.1, -0.05) is 0 Å². The number of nitrogens with one attached hydrogen (secondary N) is 1. The molecule has 2 rings (SSSR count). The molecule has 7 nitrogen and oxygen atoms in total. The molecule has 0 unspecified atom stereocenters. The lowest BCUT2D eigenvalue weighted by Crippen LogP contribution is -2.43. The van der Waals surface area contributed by atoms with Crippen molar-refractivity contribution < 1.29 is 19.2 Å². The number of aromatic carboxylic acids is 1. The topological polar surface area (TPSA) is 95.7 Å². The molecule has 1 fully saturated rings. The van der Waals surface area contributed by atoms with Crippen LogP contribution in [0.25, 0.3) is 0 Å². The van der Waals surface area contributed by atoms with Crippen LogP contribution in [0.3, 0.4) is 0 Å². The molecule has 0 spiro atoms. The maximum Gasteiger partial charge on any atom is 0.338 e. The first-order chi connectivity index (χ1) is 9.00. The fourth-order valence-electron chi connectivity index (χ4n) is 2.02. The lowest BCUT2D eigenvalue weighted by molar-refractivity contribution is -0.384. The second kappa shape index (κ2) is 5.19. The number of benzene rings is 1. The predicted molar refractivity (Wildman–Crippen MR) is 65.1 cm³/mol. The van der Waals surface area contributed by atoms with E-state index in [0.717, 1.165) is 6.07 Å². The third-order valence-electron chi connectivity index (χ3n) is 2.95. The molecule has 1 heterocycles. The summed E-state index contributed by atoms with van der Waals surface area (Å²) in [6.45, 7) is 2.28. The van der Waals surface area contributed by atoms with E-state index in [1.165, 1.54) is 0 Å². The van der Waals surface area contributed by atoms with Gasteiger partial charge in [-0.3, -0.25) is 10.1 Å². The van der Waals surface area contributed by atoms with E-state index in [4.69, 9.17) is 5.11 Å². The monoisotopic (exact) mass is 269 g/mol. The van der Waals surface area contributed by atoms with Crippen molar-refractivity contribution in [2.75, 3.05) is 31.1 Å². The number of carboxylic acid groups (broad SMARTS) is 1. The number of nitrogens with zero attached hydrogens (tertiary/aromatic N) is 2. The van der Waals surface area contributed by atoms with Crippen molar-refractivity contribution >= 4 is 17.3 Å². The zero-order chi connectivity index (χ0) is 14.0. The summed E-state index contributed by atoms with van der Waals surface area (Å²) in [5.41, 5.74) is -0.825. The summed E-state index contributed by atoms with van der Waals surface area (Å²) >= 11 is 0. The van der Waals surface area contributed by atoms with Gasteiger partial charge in [0.25, 0.3) is 5.69 Å². The van der Waals surface area contributed by atoms with E-state index in [1.54, 1.807) is 4.90 Å². The number of nitro benzene ring substituents is 1. The van der Waals surface area contributed by atoms with Crippen LogP contribution in [-0.4, -0.2) is 42.2 Å². The highest BCUT2D eigenvalue weighted by Gasteiger charge is 2.25. The molecule has 0 radical (unpaired) electrons. The molecule has 0 atom stereocenters. The van der Waals surface area contributed by atoms with E-state index in [-0.39, 0.29) is 5.69 Å². The second-order valence-electron chi connectivity index (χ2n) is 4.12. The molecule has 1 aromatic carbocycles. The van der Waals surface area contributed by atoms with E-state index in [9.17, 15) is 19.3 Å². The first kappa shape index (κ1) is 13.2. The highest BCUT2D eigenvalue weighted by atomic mass is 19.1. The van der Waals surface area contributed by atoms with Crippen LogP contribution >= 0.6 is 0 Å². The third kappa shape index (κ3) is 2.63. The Morgan fingerprint density at radius 1 is 1.42 bits per heavy atom. The van der Waals surface area contributed by atoms with Gasteiger partial charge in [0.1, 0.15) is 11.5 Å². The molecule has 0 aliphatic carbocycles. The molecule has 19 heavy (non-hydrogen) atoms. The SMILES string of the molecule is O=C(O)c1cc(N2CCNCC2)c([N+](=O)[O-])cc1F. The van der Waals surface area contributed by atoms with Crippen LogP contribution in [-0.2, 0) is 0 Å². The van der Waals surface area contributed by atoms with Crippen molar-refractivity contribution in [3.05, 3.63) is 33.6 Å². The molecule has 1 saturated heterocycles. The molecule has 1 aromatic rings. The summed E-state index contributed by atoms with van der Waals surface area (Å²) in [4.78, 5) is 22.8. The molecule has 102 valence electrons. The van der Waals surface area contributed by atoms with Gasteiger partial charge in [0.05, 0.1) is 16.6 Å². The number of anilines is 1. The van der Waals surface area contributed by atoms with Crippen LogP contribution < -0.4 is 10.2 Å². The molecule has 0 saturated carbocycles. The molecular formula is C11H12FN3O4. The lowest BCUT2D eigenvalue weighted by Gasteiger charge is -2.29. The van der Waals surface area contributed by atoms with Crippen LogP contribution in [0.5, 0.6) is 0 Å². The molecule has 8 heteroatoms. The van der Waals surface area contributed by atoms with E-state index < -0.39 is 28.0 Å². The van der Waals surface area contributed by atoms with Gasteiger partial charge in [-0.15, -0.1) is 0 Å². The highest BCUT2D eigenvalue weighted by Crippen LogP contribution is 2.31. The zero-order valence-corrected chi connectivity index (χ0v) is 9.93. The summed E-state index contributed by atoms with van der Waals surface area (Å²) in [5, 5.41) is 22.9. The number of nitro groups is 1. The average Bonchev–Trinajstić information content (AvgIpc) is 2.38. The minimum absolute atomic E-state index is 0.144. The van der Waals surface area contributed by atoms with Crippen molar-refractivity contribution in [2.24, 2.45) is 0 Å². The fourth-order valence-corrected chi connectivity index (χ4v) is 2.02. The Balaban J connectivity index is 2.51. The summed E-state index contributed by atoms with van der Waals surface area (Å²) in [5.74, 6) is -2.54. The Labute approximate surface area is 107 Å². The quantitative estimate of drug-likeness (QED) is 0.623. The number of rotatable bonds is 3. The maximum absolute atomic E-state index is 13.5. The maximum atomic E-state index is 13.5. The number of carbonyl (C=O) groups is 1. The number of hydrogen-bond donors (Lipinski definition) is 2. The highest BCUT2D eigenvalue weighted by molar-refractivity contribution is 5.90. The smallest absolute Gasteiger partial charge is 0.338 e. The molecule has 2 N–H and O–H groups in total. The van der Waals surface area contributed by atoms with Crippen molar-refractivity contribution in [1.82, 2.24) is 5.32 Å². The first-order valence-corrected chi connectivity index (χ1v) is 5.67. The molecule has 0 aromatic heterocycles. The van der Waals surface area contributed by atoms with E-state index in [0.29, 0.717) is 32.2 Å². The minimum Gasteiger partial charge on any atom is -0.478 e. The standard InChI is InChI=1S/C11H12FN3O4/c12-8-6-10(15(18)19)9(5-7(8)11(16)17)14-3-1-13-2-4-14/h5-6,13H,1-4H2,(H,16,17). The zero-order valence-electron chi connectivity index (χ0n) is 9.93. The van der Waals surface area contributed by atoms with E-state index >= 15 is 0 Å². The first-order valence-electron chi connectivity index (χ1n) is 5.67.